The lowest BCUT2D eigenvalue weighted by molar-refractivity contribution is -0.122. The van der Waals surface area contributed by atoms with Crippen molar-refractivity contribution in [1.29, 1.82) is 0 Å². The minimum atomic E-state index is -0.747. The number of nitrogens with one attached hydrogen (secondary N) is 1. The van der Waals surface area contributed by atoms with E-state index in [4.69, 9.17) is 22.1 Å². The molecule has 2 rings (SSSR count). The lowest BCUT2D eigenvalue weighted by Gasteiger charge is -2.31. The average molecular weight is 333 g/mol. The fourth-order valence-corrected chi connectivity index (χ4v) is 2.75. The van der Waals surface area contributed by atoms with E-state index < -0.39 is 5.54 Å². The van der Waals surface area contributed by atoms with Crippen molar-refractivity contribution in [2.24, 2.45) is 5.73 Å². The number of hydrogen-bond acceptors (Lipinski definition) is 3. The summed E-state index contributed by atoms with van der Waals surface area (Å²) in [6.07, 6.45) is 4.65. The van der Waals surface area contributed by atoms with Crippen molar-refractivity contribution < 1.29 is 9.53 Å². The van der Waals surface area contributed by atoms with Crippen molar-refractivity contribution >= 4 is 35.6 Å². The minimum Gasteiger partial charge on any atom is -0.492 e. The van der Waals surface area contributed by atoms with Gasteiger partial charge < -0.3 is 15.8 Å². The third-order valence-electron chi connectivity index (χ3n) is 3.69. The maximum Gasteiger partial charge on any atom is 0.244 e. The van der Waals surface area contributed by atoms with E-state index in [2.05, 4.69) is 5.32 Å². The molecule has 0 atom stereocenters. The summed E-state index contributed by atoms with van der Waals surface area (Å²) >= 11 is 6.10. The molecule has 0 bridgehead atoms. The highest BCUT2D eigenvalue weighted by atomic mass is 35.5. The van der Waals surface area contributed by atoms with Crippen molar-refractivity contribution in [3.05, 3.63) is 23.2 Å². The van der Waals surface area contributed by atoms with E-state index >= 15 is 0 Å². The SMILES string of the molecule is CCOc1ccc(NC(=O)C2(N)CCCCC2)cc1Cl.Cl. The van der Waals surface area contributed by atoms with Gasteiger partial charge >= 0.3 is 0 Å². The van der Waals surface area contributed by atoms with Crippen LogP contribution in [0.1, 0.15) is 39.0 Å². The number of carbonyl (C=O) groups is 1. The molecule has 6 heteroatoms. The first-order valence-electron chi connectivity index (χ1n) is 7.08. The molecule has 0 spiro atoms. The third kappa shape index (κ3) is 4.50. The Morgan fingerprint density at radius 1 is 1.38 bits per heavy atom. The molecule has 1 aliphatic rings. The molecule has 4 nitrogen and oxygen atoms in total. The first-order valence-corrected chi connectivity index (χ1v) is 7.45. The molecule has 1 fully saturated rings. The van der Waals surface area contributed by atoms with Gasteiger partial charge in [0.2, 0.25) is 5.91 Å². The van der Waals surface area contributed by atoms with Gasteiger partial charge in [-0.15, -0.1) is 12.4 Å². The van der Waals surface area contributed by atoms with Gasteiger partial charge in [-0.2, -0.15) is 0 Å². The van der Waals surface area contributed by atoms with Crippen LogP contribution < -0.4 is 15.8 Å². The summed E-state index contributed by atoms with van der Waals surface area (Å²) in [6.45, 7) is 2.45. The van der Waals surface area contributed by atoms with E-state index in [0.717, 1.165) is 32.1 Å². The summed E-state index contributed by atoms with van der Waals surface area (Å²) in [5.74, 6) is 0.490. The van der Waals surface area contributed by atoms with Gasteiger partial charge in [-0.3, -0.25) is 4.79 Å². The number of anilines is 1. The highest BCUT2D eigenvalue weighted by Gasteiger charge is 2.35. The molecule has 0 unspecified atom stereocenters. The molecule has 0 aliphatic heterocycles. The molecule has 0 radical (unpaired) electrons. The zero-order valence-corrected chi connectivity index (χ0v) is 13.7. The predicted octanol–water partition coefficient (Wildman–Crippen LogP) is 3.76. The summed E-state index contributed by atoms with van der Waals surface area (Å²) in [5, 5.41) is 3.34. The van der Waals surface area contributed by atoms with E-state index in [9.17, 15) is 4.79 Å². The lowest BCUT2D eigenvalue weighted by atomic mass is 9.82. The van der Waals surface area contributed by atoms with Crippen LogP contribution in [-0.4, -0.2) is 18.1 Å². The van der Waals surface area contributed by atoms with Crippen molar-refractivity contribution in [3.63, 3.8) is 0 Å². The molecule has 1 aromatic carbocycles. The van der Waals surface area contributed by atoms with Crippen molar-refractivity contribution in [1.82, 2.24) is 0 Å². The Hall–Kier alpha value is -0.970. The molecular formula is C15H22Cl2N2O2. The fourth-order valence-electron chi connectivity index (χ4n) is 2.52. The van der Waals surface area contributed by atoms with Gasteiger partial charge in [0.05, 0.1) is 17.2 Å². The largest absolute Gasteiger partial charge is 0.492 e. The van der Waals surface area contributed by atoms with Crippen LogP contribution in [0.25, 0.3) is 0 Å². The second kappa shape index (κ2) is 7.87. The van der Waals surface area contributed by atoms with Gasteiger partial charge in [0.15, 0.2) is 0 Å². The van der Waals surface area contributed by atoms with Crippen LogP contribution in [0.2, 0.25) is 5.02 Å². The molecule has 118 valence electrons. The van der Waals surface area contributed by atoms with E-state index in [0.29, 0.717) is 23.1 Å². The molecule has 21 heavy (non-hydrogen) atoms. The number of nitrogens with two attached hydrogens (primary N) is 1. The summed E-state index contributed by atoms with van der Waals surface area (Å²) in [7, 11) is 0. The van der Waals surface area contributed by atoms with E-state index in [1.807, 2.05) is 6.92 Å². The first kappa shape index (κ1) is 18.1. The zero-order valence-electron chi connectivity index (χ0n) is 12.2. The molecule has 1 aliphatic carbocycles. The number of ether oxygens (including phenoxy) is 1. The lowest BCUT2D eigenvalue weighted by Crippen LogP contribution is -2.52. The van der Waals surface area contributed by atoms with Crippen LogP contribution in [0.3, 0.4) is 0 Å². The second-order valence-corrected chi connectivity index (χ2v) is 5.66. The molecule has 1 saturated carbocycles. The number of hydrogen-bond donors (Lipinski definition) is 2. The molecule has 1 aromatic rings. The highest BCUT2D eigenvalue weighted by Crippen LogP contribution is 2.30. The monoisotopic (exact) mass is 332 g/mol. The van der Waals surface area contributed by atoms with E-state index in [1.54, 1.807) is 18.2 Å². The topological polar surface area (TPSA) is 64.3 Å². The van der Waals surface area contributed by atoms with Gasteiger partial charge in [-0.05, 0) is 38.0 Å². The van der Waals surface area contributed by atoms with Crippen LogP contribution >= 0.6 is 24.0 Å². The Morgan fingerprint density at radius 2 is 2.05 bits per heavy atom. The number of benzene rings is 1. The summed E-state index contributed by atoms with van der Waals surface area (Å²) in [4.78, 5) is 12.3. The first-order chi connectivity index (χ1) is 9.55. The van der Waals surface area contributed by atoms with Gasteiger partial charge in [-0.25, -0.2) is 0 Å². The van der Waals surface area contributed by atoms with Crippen LogP contribution in [0.5, 0.6) is 5.75 Å². The smallest absolute Gasteiger partial charge is 0.244 e. The van der Waals surface area contributed by atoms with Gasteiger partial charge in [0, 0.05) is 5.69 Å². The Bertz CT molecular complexity index is 489. The molecule has 0 heterocycles. The van der Waals surface area contributed by atoms with Crippen molar-refractivity contribution in [2.45, 2.75) is 44.6 Å². The minimum absolute atomic E-state index is 0. The third-order valence-corrected chi connectivity index (χ3v) is 3.98. The molecule has 3 N–H and O–H groups in total. The van der Waals surface area contributed by atoms with Crippen molar-refractivity contribution in [3.8, 4) is 5.75 Å². The predicted molar refractivity (Wildman–Crippen MR) is 88.5 cm³/mol. The normalized spacial score (nSPS) is 16.7. The van der Waals surface area contributed by atoms with Gasteiger partial charge in [0.25, 0.3) is 0 Å². The van der Waals surface area contributed by atoms with Gasteiger partial charge in [0.1, 0.15) is 5.75 Å². The molecule has 0 saturated heterocycles. The number of amides is 1. The Balaban J connectivity index is 0.00000220. The number of rotatable bonds is 4. The Labute approximate surface area is 136 Å². The quantitative estimate of drug-likeness (QED) is 0.882. The molecule has 0 aromatic heterocycles. The van der Waals surface area contributed by atoms with E-state index in [1.165, 1.54) is 0 Å². The van der Waals surface area contributed by atoms with Crippen LogP contribution in [0, 0.1) is 0 Å². The van der Waals surface area contributed by atoms with Crippen molar-refractivity contribution in [2.75, 3.05) is 11.9 Å². The number of halogens is 2. The summed E-state index contributed by atoms with van der Waals surface area (Å²) < 4.78 is 5.36. The Kier molecular flexibility index (Phi) is 6.78. The second-order valence-electron chi connectivity index (χ2n) is 5.25. The summed E-state index contributed by atoms with van der Waals surface area (Å²) in [6, 6.07) is 5.23. The standard InChI is InChI=1S/C15H21ClN2O2.ClH/c1-2-20-13-7-6-11(10-12(13)16)18-14(19)15(17)8-4-3-5-9-15;/h6-7,10H,2-5,8-9,17H2,1H3,(H,18,19);1H. The van der Waals surface area contributed by atoms with E-state index in [-0.39, 0.29) is 18.3 Å². The van der Waals surface area contributed by atoms with Crippen LogP contribution in [-0.2, 0) is 4.79 Å². The molecule has 1 amide bonds. The highest BCUT2D eigenvalue weighted by molar-refractivity contribution is 6.32. The summed E-state index contributed by atoms with van der Waals surface area (Å²) in [5.41, 5.74) is 6.10. The average Bonchev–Trinajstić information content (AvgIpc) is 2.43. The molecular weight excluding hydrogens is 311 g/mol. The van der Waals surface area contributed by atoms with Crippen LogP contribution in [0.4, 0.5) is 5.69 Å². The maximum atomic E-state index is 12.3. The number of carbonyl (C=O) groups excluding carboxylic acids is 1. The van der Waals surface area contributed by atoms with Crippen LogP contribution in [0.15, 0.2) is 18.2 Å². The van der Waals surface area contributed by atoms with Gasteiger partial charge in [-0.1, -0.05) is 30.9 Å². The fraction of sp³-hybridized carbons (Fsp3) is 0.533. The Morgan fingerprint density at radius 3 is 2.62 bits per heavy atom. The zero-order chi connectivity index (χ0) is 14.6. The maximum absolute atomic E-state index is 12.3.